The molecular formula is C21H28N4O3. The van der Waals surface area contributed by atoms with Gasteiger partial charge in [-0.15, -0.1) is 0 Å². The predicted octanol–water partition coefficient (Wildman–Crippen LogP) is 2.37. The average Bonchev–Trinajstić information content (AvgIpc) is 3.30. The highest BCUT2D eigenvalue weighted by Crippen LogP contribution is 2.43. The number of aryl methyl sites for hydroxylation is 2. The Hall–Kier alpha value is -2.41. The highest BCUT2D eigenvalue weighted by atomic mass is 16.5. The lowest BCUT2D eigenvalue weighted by atomic mass is 9.79. The van der Waals surface area contributed by atoms with Gasteiger partial charge in [-0.25, -0.2) is 4.98 Å². The largest absolute Gasteiger partial charge is 0.474 e. The number of aromatic nitrogens is 3. The van der Waals surface area contributed by atoms with Crippen LogP contribution in [0.5, 0.6) is 5.88 Å². The minimum atomic E-state index is -0.242. The topological polar surface area (TPSA) is 69.5 Å². The Morgan fingerprint density at radius 1 is 1.36 bits per heavy atom. The van der Waals surface area contributed by atoms with Crippen LogP contribution in [0.4, 0.5) is 0 Å². The molecule has 4 rings (SSSR count). The minimum Gasteiger partial charge on any atom is -0.474 e. The van der Waals surface area contributed by atoms with E-state index in [9.17, 15) is 4.79 Å². The van der Waals surface area contributed by atoms with Gasteiger partial charge in [-0.3, -0.25) is 9.48 Å². The number of likely N-dealkylation sites (tertiary alicyclic amines) is 1. The second-order valence-corrected chi connectivity index (χ2v) is 7.83. The summed E-state index contributed by atoms with van der Waals surface area (Å²) in [6.07, 6.45) is 10.3. The Morgan fingerprint density at radius 3 is 2.96 bits per heavy atom. The predicted molar refractivity (Wildman–Crippen MR) is 104 cm³/mol. The molecule has 2 aliphatic rings. The summed E-state index contributed by atoms with van der Waals surface area (Å²) in [5.41, 5.74) is 0.849. The molecule has 1 aliphatic carbocycles. The Kier molecular flexibility index (Phi) is 5.35. The maximum Gasteiger partial charge on any atom is 0.223 e. The van der Waals surface area contributed by atoms with E-state index in [2.05, 4.69) is 10.1 Å². The molecule has 28 heavy (non-hydrogen) atoms. The van der Waals surface area contributed by atoms with Crippen LogP contribution < -0.4 is 4.74 Å². The zero-order valence-electron chi connectivity index (χ0n) is 16.6. The quantitative estimate of drug-likeness (QED) is 0.765. The van der Waals surface area contributed by atoms with E-state index in [0.29, 0.717) is 18.7 Å². The molecule has 3 atom stereocenters. The number of methoxy groups -OCH3 is 1. The van der Waals surface area contributed by atoms with Gasteiger partial charge in [0.05, 0.1) is 17.8 Å². The van der Waals surface area contributed by atoms with Gasteiger partial charge >= 0.3 is 0 Å². The lowest BCUT2D eigenvalue weighted by Gasteiger charge is -2.43. The summed E-state index contributed by atoms with van der Waals surface area (Å²) in [7, 11) is 3.67. The third-order valence-corrected chi connectivity index (χ3v) is 6.17. The zero-order chi connectivity index (χ0) is 19.6. The molecule has 0 spiro atoms. The molecule has 7 heteroatoms. The number of hydrogen-bond donors (Lipinski definition) is 0. The second-order valence-electron chi connectivity index (χ2n) is 7.83. The minimum absolute atomic E-state index is 0.0508. The highest BCUT2D eigenvalue weighted by molar-refractivity contribution is 5.77. The third-order valence-electron chi connectivity index (χ3n) is 6.17. The summed E-state index contributed by atoms with van der Waals surface area (Å²) in [6, 6.07) is 5.74. The van der Waals surface area contributed by atoms with Gasteiger partial charge in [0, 0.05) is 52.0 Å². The monoisotopic (exact) mass is 384 g/mol. The highest BCUT2D eigenvalue weighted by Gasteiger charge is 2.52. The van der Waals surface area contributed by atoms with Crippen LogP contribution in [-0.4, -0.2) is 57.0 Å². The number of ether oxygens (including phenoxy) is 2. The molecule has 2 aromatic rings. The molecule has 0 unspecified atom stereocenters. The van der Waals surface area contributed by atoms with Crippen molar-refractivity contribution in [2.24, 2.45) is 7.05 Å². The van der Waals surface area contributed by atoms with Crippen molar-refractivity contribution in [2.75, 3.05) is 13.7 Å². The standard InChI is InChI=1S/C21H28N4O3/c1-24-15-16(14-23-24)6-7-20(26)25-12-10-21(27-2)9-8-17(13-18(21)25)28-19-5-3-4-11-22-19/h3-5,11,14-15,17-18H,6-10,12-13H2,1-2H3/t17-,18+,21-/m1/s1. The number of nitrogens with zero attached hydrogens (tertiary/aromatic N) is 4. The van der Waals surface area contributed by atoms with Crippen molar-refractivity contribution in [3.05, 3.63) is 42.4 Å². The summed E-state index contributed by atoms with van der Waals surface area (Å²) in [4.78, 5) is 19.3. The van der Waals surface area contributed by atoms with Gasteiger partial charge in [0.2, 0.25) is 11.8 Å². The summed E-state index contributed by atoms with van der Waals surface area (Å²) in [5.74, 6) is 0.830. The first kappa shape index (κ1) is 18.9. The molecule has 0 radical (unpaired) electrons. The maximum atomic E-state index is 13.0. The van der Waals surface area contributed by atoms with E-state index in [0.717, 1.165) is 37.8 Å². The maximum absolute atomic E-state index is 13.0. The first-order valence-corrected chi connectivity index (χ1v) is 9.99. The molecule has 1 aliphatic heterocycles. The van der Waals surface area contributed by atoms with Crippen LogP contribution in [-0.2, 0) is 23.0 Å². The lowest BCUT2D eigenvalue weighted by molar-refractivity contribution is -0.139. The molecule has 7 nitrogen and oxygen atoms in total. The number of amides is 1. The average molecular weight is 384 g/mol. The van der Waals surface area contributed by atoms with E-state index in [1.807, 2.05) is 42.5 Å². The van der Waals surface area contributed by atoms with Crippen LogP contribution >= 0.6 is 0 Å². The summed E-state index contributed by atoms with van der Waals surface area (Å²) >= 11 is 0. The van der Waals surface area contributed by atoms with Gasteiger partial charge in [-0.2, -0.15) is 5.10 Å². The SMILES string of the molecule is CO[C@@]12CC[C@@H](Oc3ccccn3)C[C@@H]1N(C(=O)CCc1cnn(C)c1)CC2. The molecule has 0 N–H and O–H groups in total. The van der Waals surface area contributed by atoms with E-state index in [-0.39, 0.29) is 23.7 Å². The molecule has 1 amide bonds. The number of rotatable bonds is 6. The normalized spacial score (nSPS) is 26.9. The van der Waals surface area contributed by atoms with Crippen molar-refractivity contribution in [1.29, 1.82) is 0 Å². The molecule has 0 aromatic carbocycles. The van der Waals surface area contributed by atoms with Crippen molar-refractivity contribution in [3.8, 4) is 5.88 Å². The Morgan fingerprint density at radius 2 is 2.25 bits per heavy atom. The van der Waals surface area contributed by atoms with Crippen LogP contribution in [0.15, 0.2) is 36.8 Å². The number of hydrogen-bond acceptors (Lipinski definition) is 5. The van der Waals surface area contributed by atoms with E-state index < -0.39 is 0 Å². The second kappa shape index (κ2) is 7.91. The van der Waals surface area contributed by atoms with E-state index in [4.69, 9.17) is 9.47 Å². The van der Waals surface area contributed by atoms with E-state index in [1.165, 1.54) is 0 Å². The molecule has 1 saturated carbocycles. The number of fused-ring (bicyclic) bond motifs is 1. The molecule has 2 aromatic heterocycles. The Labute approximate surface area is 165 Å². The van der Waals surface area contributed by atoms with E-state index >= 15 is 0 Å². The van der Waals surface area contributed by atoms with Crippen LogP contribution in [0.2, 0.25) is 0 Å². The Balaban J connectivity index is 1.42. The molecule has 3 heterocycles. The van der Waals surface area contributed by atoms with Gasteiger partial charge < -0.3 is 14.4 Å². The van der Waals surface area contributed by atoms with E-state index in [1.54, 1.807) is 18.0 Å². The molecule has 0 bridgehead atoms. The lowest BCUT2D eigenvalue weighted by Crippen LogP contribution is -2.53. The van der Waals surface area contributed by atoms with Gasteiger partial charge in [0.1, 0.15) is 6.10 Å². The summed E-state index contributed by atoms with van der Waals surface area (Å²) in [6.45, 7) is 0.751. The molecular weight excluding hydrogens is 356 g/mol. The zero-order valence-corrected chi connectivity index (χ0v) is 16.6. The number of pyridine rings is 1. The van der Waals surface area contributed by atoms with Crippen molar-refractivity contribution < 1.29 is 14.3 Å². The van der Waals surface area contributed by atoms with Crippen molar-refractivity contribution in [2.45, 2.75) is 56.3 Å². The number of carbonyl (C=O) groups excluding carboxylic acids is 1. The van der Waals surface area contributed by atoms with Crippen LogP contribution in [0.3, 0.4) is 0 Å². The summed E-state index contributed by atoms with van der Waals surface area (Å²) in [5, 5.41) is 4.18. The van der Waals surface area contributed by atoms with Crippen LogP contribution in [0.1, 0.15) is 37.7 Å². The van der Waals surface area contributed by atoms with Crippen molar-refractivity contribution in [3.63, 3.8) is 0 Å². The van der Waals surface area contributed by atoms with Crippen LogP contribution in [0.25, 0.3) is 0 Å². The summed E-state index contributed by atoms with van der Waals surface area (Å²) < 4.78 is 13.8. The fourth-order valence-corrected chi connectivity index (χ4v) is 4.65. The molecule has 150 valence electrons. The van der Waals surface area contributed by atoms with Crippen LogP contribution in [0, 0.1) is 0 Å². The fraction of sp³-hybridized carbons (Fsp3) is 0.571. The van der Waals surface area contributed by atoms with Gasteiger partial charge in [0.25, 0.3) is 0 Å². The first-order chi connectivity index (χ1) is 13.6. The fourth-order valence-electron chi connectivity index (χ4n) is 4.65. The number of carbonyl (C=O) groups is 1. The van der Waals surface area contributed by atoms with Gasteiger partial charge in [-0.1, -0.05) is 6.07 Å². The first-order valence-electron chi connectivity index (χ1n) is 9.99. The van der Waals surface area contributed by atoms with Crippen molar-refractivity contribution in [1.82, 2.24) is 19.7 Å². The third kappa shape index (κ3) is 3.76. The van der Waals surface area contributed by atoms with Gasteiger partial charge in [0.15, 0.2) is 0 Å². The smallest absolute Gasteiger partial charge is 0.223 e. The molecule has 1 saturated heterocycles. The van der Waals surface area contributed by atoms with Crippen molar-refractivity contribution >= 4 is 5.91 Å². The Bertz CT molecular complexity index is 809. The molecule has 2 fully saturated rings. The van der Waals surface area contributed by atoms with Gasteiger partial charge in [-0.05, 0) is 37.3 Å².